The Morgan fingerprint density at radius 1 is 1.28 bits per heavy atom. The number of anilines is 1. The molecule has 8 heteroatoms. The zero-order valence-corrected chi connectivity index (χ0v) is 14.9. The van der Waals surface area contributed by atoms with Gasteiger partial charge >= 0.3 is 0 Å². The topological polar surface area (TPSA) is 81.6 Å². The van der Waals surface area contributed by atoms with Crippen LogP contribution in [0.1, 0.15) is 22.7 Å². The second-order valence-corrected chi connectivity index (χ2v) is 6.74. The summed E-state index contributed by atoms with van der Waals surface area (Å²) in [6, 6.07) is 1.99. The number of rotatable bonds is 4. The highest BCUT2D eigenvalue weighted by Crippen LogP contribution is 2.33. The molecule has 1 fully saturated rings. The van der Waals surface area contributed by atoms with Crippen molar-refractivity contribution >= 4 is 11.3 Å². The fraction of sp³-hybridized carbons (Fsp3) is 0.529. The summed E-state index contributed by atoms with van der Waals surface area (Å²) in [5, 5.41) is 16.8. The Bertz CT molecular complexity index is 902. The summed E-state index contributed by atoms with van der Waals surface area (Å²) in [7, 11) is 1.77. The average molecular weight is 342 g/mol. The van der Waals surface area contributed by atoms with Gasteiger partial charge in [0, 0.05) is 38.6 Å². The van der Waals surface area contributed by atoms with Crippen molar-refractivity contribution in [3.63, 3.8) is 0 Å². The Labute approximate surface area is 145 Å². The minimum absolute atomic E-state index is 0.126. The Kier molecular flexibility index (Phi) is 3.91. The molecular weight excluding hydrogens is 320 g/mol. The summed E-state index contributed by atoms with van der Waals surface area (Å²) in [6.45, 7) is 7.71. The van der Waals surface area contributed by atoms with Gasteiger partial charge in [0.15, 0.2) is 0 Å². The van der Waals surface area contributed by atoms with Gasteiger partial charge in [-0.25, -0.2) is 0 Å². The van der Waals surface area contributed by atoms with Crippen LogP contribution in [0.5, 0.6) is 0 Å². The van der Waals surface area contributed by atoms with Crippen molar-refractivity contribution in [3.05, 3.63) is 35.1 Å². The first kappa shape index (κ1) is 16.0. The van der Waals surface area contributed by atoms with Gasteiger partial charge in [0.2, 0.25) is 5.65 Å². The molecule has 0 saturated carbocycles. The van der Waals surface area contributed by atoms with E-state index in [0.717, 1.165) is 53.6 Å². The van der Waals surface area contributed by atoms with Gasteiger partial charge in [0.25, 0.3) is 0 Å². The van der Waals surface area contributed by atoms with Gasteiger partial charge in [-0.3, -0.25) is 0 Å². The molecule has 25 heavy (non-hydrogen) atoms. The van der Waals surface area contributed by atoms with Crippen molar-refractivity contribution in [2.45, 2.75) is 33.3 Å². The first-order chi connectivity index (χ1) is 12.1. The molecule has 132 valence electrons. The molecule has 0 amide bonds. The number of fused-ring (bicyclic) bond motifs is 1. The third-order valence-corrected chi connectivity index (χ3v) is 5.04. The summed E-state index contributed by atoms with van der Waals surface area (Å²) >= 11 is 0. The molecule has 0 spiro atoms. The summed E-state index contributed by atoms with van der Waals surface area (Å²) in [4.78, 5) is 2.33. The molecule has 1 aliphatic rings. The predicted molar refractivity (Wildman–Crippen MR) is 91.7 cm³/mol. The van der Waals surface area contributed by atoms with Gasteiger partial charge in [-0.15, -0.1) is 10.2 Å². The van der Waals surface area contributed by atoms with Crippen molar-refractivity contribution in [2.75, 3.05) is 25.1 Å². The molecule has 4 heterocycles. The lowest BCUT2D eigenvalue weighted by molar-refractivity contribution is 0.0813. The monoisotopic (exact) mass is 342 g/mol. The van der Waals surface area contributed by atoms with Crippen LogP contribution in [0, 0.1) is 26.7 Å². The first-order valence-corrected chi connectivity index (χ1v) is 8.44. The summed E-state index contributed by atoms with van der Waals surface area (Å²) in [6.07, 6.45) is 2.58. The van der Waals surface area contributed by atoms with Crippen LogP contribution in [0.4, 0.5) is 5.69 Å². The molecular formula is C17H22N6O2. The summed E-state index contributed by atoms with van der Waals surface area (Å²) < 4.78 is 12.9. The Morgan fingerprint density at radius 3 is 2.84 bits per heavy atom. The molecule has 0 aromatic carbocycles. The number of nitrogens with zero attached hydrogens (tertiary/aromatic N) is 6. The smallest absolute Gasteiger partial charge is 0.201 e. The summed E-state index contributed by atoms with van der Waals surface area (Å²) in [5.74, 6) is 1.23. The highest BCUT2D eigenvalue weighted by molar-refractivity contribution is 5.73. The lowest BCUT2D eigenvalue weighted by atomic mass is 10.0. The molecule has 3 aromatic heterocycles. The second kappa shape index (κ2) is 6.11. The van der Waals surface area contributed by atoms with E-state index in [2.05, 4.69) is 32.3 Å². The maximum absolute atomic E-state index is 5.76. The maximum Gasteiger partial charge on any atom is 0.201 e. The van der Waals surface area contributed by atoms with Crippen LogP contribution in [-0.2, 0) is 11.2 Å². The van der Waals surface area contributed by atoms with E-state index in [-0.39, 0.29) is 6.10 Å². The van der Waals surface area contributed by atoms with Crippen molar-refractivity contribution in [1.29, 1.82) is 0 Å². The predicted octanol–water partition coefficient (Wildman–Crippen LogP) is 1.73. The van der Waals surface area contributed by atoms with Crippen molar-refractivity contribution < 1.29 is 9.26 Å². The highest BCUT2D eigenvalue weighted by Gasteiger charge is 2.36. The van der Waals surface area contributed by atoms with Crippen LogP contribution in [0.25, 0.3) is 5.65 Å². The van der Waals surface area contributed by atoms with E-state index in [0.29, 0.717) is 5.92 Å². The molecule has 0 aliphatic carbocycles. The van der Waals surface area contributed by atoms with Crippen LogP contribution in [-0.4, -0.2) is 51.3 Å². The van der Waals surface area contributed by atoms with Crippen LogP contribution in [0.3, 0.4) is 0 Å². The molecule has 0 bridgehead atoms. The van der Waals surface area contributed by atoms with E-state index in [1.165, 1.54) is 0 Å². The van der Waals surface area contributed by atoms with Crippen molar-refractivity contribution in [2.24, 2.45) is 5.92 Å². The Balaban J connectivity index is 1.66. The maximum atomic E-state index is 5.76. The van der Waals surface area contributed by atoms with Gasteiger partial charge < -0.3 is 14.2 Å². The largest absolute Gasteiger partial charge is 0.379 e. The Hall–Kier alpha value is -2.48. The number of hydrogen-bond acceptors (Lipinski definition) is 7. The minimum Gasteiger partial charge on any atom is -0.379 e. The lowest BCUT2D eigenvalue weighted by Crippen LogP contribution is -2.24. The molecule has 3 aromatic rings. The van der Waals surface area contributed by atoms with Crippen LogP contribution < -0.4 is 4.90 Å². The van der Waals surface area contributed by atoms with E-state index in [4.69, 9.17) is 9.26 Å². The first-order valence-electron chi connectivity index (χ1n) is 8.44. The van der Waals surface area contributed by atoms with E-state index in [1.54, 1.807) is 18.0 Å². The lowest BCUT2D eigenvalue weighted by Gasteiger charge is -2.21. The molecule has 1 saturated heterocycles. The average Bonchev–Trinajstić information content (AvgIpc) is 3.29. The second-order valence-electron chi connectivity index (χ2n) is 6.74. The molecule has 0 unspecified atom stereocenters. The number of aryl methyl sites for hydroxylation is 2. The van der Waals surface area contributed by atoms with Gasteiger partial charge in [-0.1, -0.05) is 5.16 Å². The normalized spacial score (nSPS) is 20.7. The fourth-order valence-electron chi connectivity index (χ4n) is 3.67. The van der Waals surface area contributed by atoms with Gasteiger partial charge in [-0.05, 0) is 26.3 Å². The number of methoxy groups -OCH3 is 1. The van der Waals surface area contributed by atoms with Gasteiger partial charge in [-0.2, -0.15) is 9.61 Å². The van der Waals surface area contributed by atoms with Crippen LogP contribution >= 0.6 is 0 Å². The van der Waals surface area contributed by atoms with Gasteiger partial charge in [0.1, 0.15) is 12.1 Å². The number of hydrogen-bond donors (Lipinski definition) is 0. The third kappa shape index (κ3) is 2.76. The van der Waals surface area contributed by atoms with Crippen LogP contribution in [0.15, 0.2) is 16.9 Å². The Morgan fingerprint density at radius 2 is 2.12 bits per heavy atom. The summed E-state index contributed by atoms with van der Waals surface area (Å²) in [5.41, 5.74) is 4.89. The minimum atomic E-state index is 0.126. The standard InChI is InChI=1S/C17H22N6O2/c1-10-5-14(25-21-10)6-13-7-22(8-15(13)24-4)16-11(2)12(3)20-23-9-18-19-17(16)23/h5,9,13,15H,6-8H2,1-4H3/t13-,15-/m1/s1. The fourth-order valence-corrected chi connectivity index (χ4v) is 3.67. The quantitative estimate of drug-likeness (QED) is 0.714. The van der Waals surface area contributed by atoms with Gasteiger partial charge in [0.05, 0.1) is 23.2 Å². The van der Waals surface area contributed by atoms with Crippen molar-refractivity contribution in [3.8, 4) is 0 Å². The van der Waals surface area contributed by atoms with E-state index >= 15 is 0 Å². The molecule has 0 radical (unpaired) electrons. The zero-order valence-electron chi connectivity index (χ0n) is 14.9. The molecule has 2 atom stereocenters. The van der Waals surface area contributed by atoms with Crippen LogP contribution in [0.2, 0.25) is 0 Å². The SMILES string of the molecule is CO[C@@H]1CN(c2c(C)c(C)nn3cnnc23)C[C@H]1Cc1cc(C)no1. The molecule has 1 aliphatic heterocycles. The highest BCUT2D eigenvalue weighted by atomic mass is 16.5. The molecule has 8 nitrogen and oxygen atoms in total. The number of aromatic nitrogens is 5. The van der Waals surface area contributed by atoms with E-state index < -0.39 is 0 Å². The van der Waals surface area contributed by atoms with E-state index in [1.807, 2.05) is 19.9 Å². The van der Waals surface area contributed by atoms with Crippen molar-refractivity contribution in [1.82, 2.24) is 25.0 Å². The molecule has 4 rings (SSSR count). The molecule has 0 N–H and O–H groups in total. The third-order valence-electron chi connectivity index (χ3n) is 5.04. The number of ether oxygens (including phenoxy) is 1. The zero-order chi connectivity index (χ0) is 17.6. The van der Waals surface area contributed by atoms with E-state index in [9.17, 15) is 0 Å².